The molecule has 0 radical (unpaired) electrons. The number of fused-ring (bicyclic) bond motifs is 1. The van der Waals surface area contributed by atoms with E-state index in [0.29, 0.717) is 11.5 Å². The van der Waals surface area contributed by atoms with Crippen molar-refractivity contribution in [2.75, 3.05) is 10.6 Å². The lowest BCUT2D eigenvalue weighted by Crippen LogP contribution is -2.19. The van der Waals surface area contributed by atoms with Crippen LogP contribution in [0.5, 0.6) is 0 Å². The first-order valence-electron chi connectivity index (χ1n) is 7.33. The number of nitrogens with zero attached hydrogens (tertiary/aromatic N) is 5. The number of hydrogen-bond donors (Lipinski definition) is 2. The van der Waals surface area contributed by atoms with Crippen LogP contribution < -0.4 is 10.6 Å². The Balaban J connectivity index is 1.68. The maximum atomic E-state index is 12.1. The summed E-state index contributed by atoms with van der Waals surface area (Å²) in [6.07, 6.45) is 1.49. The molecule has 2 amide bonds. The molecule has 124 valence electrons. The molecule has 3 aromatic rings. The average Bonchev–Trinajstić information content (AvgIpc) is 3.03. The van der Waals surface area contributed by atoms with Crippen LogP contribution in [0, 0.1) is 6.92 Å². The summed E-state index contributed by atoms with van der Waals surface area (Å²) in [4.78, 5) is 27.5. The number of aryl methyl sites for hydroxylation is 2. The van der Waals surface area contributed by atoms with Gasteiger partial charge in [0.15, 0.2) is 5.82 Å². The Morgan fingerprint density at radius 2 is 2.04 bits per heavy atom. The summed E-state index contributed by atoms with van der Waals surface area (Å²) >= 11 is 0. The molecule has 0 bridgehead atoms. The summed E-state index contributed by atoms with van der Waals surface area (Å²) in [7, 11) is 1.94. The second-order valence-electron chi connectivity index (χ2n) is 5.45. The second kappa shape index (κ2) is 6.11. The second-order valence-corrected chi connectivity index (χ2v) is 5.45. The Bertz CT molecular complexity index is 925. The van der Waals surface area contributed by atoms with E-state index in [2.05, 4.69) is 25.9 Å². The zero-order valence-electron chi connectivity index (χ0n) is 13.6. The summed E-state index contributed by atoms with van der Waals surface area (Å²) in [5.74, 6) is 0.717. The Kier molecular flexibility index (Phi) is 3.98. The van der Waals surface area contributed by atoms with E-state index in [1.807, 2.05) is 36.7 Å². The third kappa shape index (κ3) is 3.24. The average molecular weight is 327 g/mol. The number of amides is 2. The number of hydrogen-bond acceptors (Lipinski definition) is 5. The van der Waals surface area contributed by atoms with Crippen molar-refractivity contribution in [2.45, 2.75) is 20.4 Å². The van der Waals surface area contributed by atoms with Crippen molar-refractivity contribution in [1.82, 2.24) is 24.5 Å². The maximum absolute atomic E-state index is 12.1. The molecule has 0 aliphatic heterocycles. The number of rotatable bonds is 4. The Hall–Kier alpha value is -3.23. The highest BCUT2D eigenvalue weighted by Gasteiger charge is 2.09. The molecule has 0 aliphatic rings. The number of anilines is 2. The number of imidazole rings is 1. The Labute approximate surface area is 137 Å². The fraction of sp³-hybridized carbons (Fsp3) is 0.267. The van der Waals surface area contributed by atoms with E-state index in [9.17, 15) is 9.59 Å². The minimum Gasteiger partial charge on any atom is -0.331 e. The van der Waals surface area contributed by atoms with Crippen LogP contribution in [0.4, 0.5) is 11.5 Å². The molecule has 2 N–H and O–H groups in total. The van der Waals surface area contributed by atoms with Crippen LogP contribution in [-0.2, 0) is 23.2 Å². The highest BCUT2D eigenvalue weighted by molar-refractivity contribution is 5.93. The summed E-state index contributed by atoms with van der Waals surface area (Å²) in [6.45, 7) is 3.29. The fourth-order valence-corrected chi connectivity index (χ4v) is 2.36. The van der Waals surface area contributed by atoms with E-state index in [-0.39, 0.29) is 18.4 Å². The van der Waals surface area contributed by atoms with E-state index < -0.39 is 0 Å². The number of carbonyl (C=O) groups is 2. The third-order valence-electron chi connectivity index (χ3n) is 3.54. The molecule has 0 aliphatic carbocycles. The Morgan fingerprint density at radius 1 is 1.25 bits per heavy atom. The van der Waals surface area contributed by atoms with Gasteiger partial charge in [0, 0.05) is 19.7 Å². The number of nitrogens with one attached hydrogen (secondary N) is 2. The first-order valence-corrected chi connectivity index (χ1v) is 7.33. The lowest BCUT2D eigenvalue weighted by Gasteiger charge is -2.05. The van der Waals surface area contributed by atoms with Gasteiger partial charge in [-0.05, 0) is 25.1 Å². The lowest BCUT2D eigenvalue weighted by atomic mass is 10.2. The molecular formula is C15H17N7O2. The minimum atomic E-state index is -0.249. The van der Waals surface area contributed by atoms with Gasteiger partial charge in [0.1, 0.15) is 12.4 Å². The van der Waals surface area contributed by atoms with Crippen LogP contribution >= 0.6 is 0 Å². The molecule has 0 saturated carbocycles. The number of aromatic nitrogens is 5. The summed E-state index contributed by atoms with van der Waals surface area (Å²) in [5.41, 5.74) is 2.48. The zero-order chi connectivity index (χ0) is 17.3. The maximum Gasteiger partial charge on any atom is 0.246 e. The molecule has 9 nitrogen and oxygen atoms in total. The van der Waals surface area contributed by atoms with Crippen LogP contribution in [0.25, 0.3) is 11.0 Å². The van der Waals surface area contributed by atoms with Crippen LogP contribution in [0.2, 0.25) is 0 Å². The van der Waals surface area contributed by atoms with Gasteiger partial charge in [-0.2, -0.15) is 0 Å². The SMILES string of the molecule is CC(=O)Nc1cn(CC(=O)Nc2ccc3c(c2)nc(C)n3C)nn1. The molecule has 0 fully saturated rings. The molecule has 3 rings (SSSR count). The third-order valence-corrected chi connectivity index (χ3v) is 3.54. The molecule has 0 unspecified atom stereocenters. The van der Waals surface area contributed by atoms with Gasteiger partial charge in [-0.25, -0.2) is 9.67 Å². The van der Waals surface area contributed by atoms with E-state index in [1.165, 1.54) is 17.8 Å². The van der Waals surface area contributed by atoms with Crippen molar-refractivity contribution in [3.05, 3.63) is 30.2 Å². The van der Waals surface area contributed by atoms with Gasteiger partial charge in [-0.1, -0.05) is 5.21 Å². The van der Waals surface area contributed by atoms with Gasteiger partial charge in [-0.3, -0.25) is 9.59 Å². The van der Waals surface area contributed by atoms with Crippen molar-refractivity contribution in [2.24, 2.45) is 7.05 Å². The summed E-state index contributed by atoms with van der Waals surface area (Å²) in [5, 5.41) is 12.8. The summed E-state index contributed by atoms with van der Waals surface area (Å²) < 4.78 is 3.34. The largest absolute Gasteiger partial charge is 0.331 e. The van der Waals surface area contributed by atoms with Crippen molar-refractivity contribution >= 4 is 34.4 Å². The standard InChI is InChI=1S/C15H17N7O2/c1-9-16-12-6-11(4-5-13(12)21(9)3)18-15(24)8-22-7-14(19-20-22)17-10(2)23/h4-7H,8H2,1-3H3,(H,17,23)(H,18,24). The van der Waals surface area contributed by atoms with Crippen molar-refractivity contribution in [3.8, 4) is 0 Å². The molecule has 2 heterocycles. The zero-order valence-corrected chi connectivity index (χ0v) is 13.6. The predicted molar refractivity (Wildman–Crippen MR) is 88.4 cm³/mol. The van der Waals surface area contributed by atoms with Crippen molar-refractivity contribution in [3.63, 3.8) is 0 Å². The highest BCUT2D eigenvalue weighted by atomic mass is 16.2. The van der Waals surface area contributed by atoms with E-state index >= 15 is 0 Å². The number of benzene rings is 1. The van der Waals surface area contributed by atoms with E-state index in [1.54, 1.807) is 0 Å². The van der Waals surface area contributed by atoms with Gasteiger partial charge in [0.25, 0.3) is 0 Å². The molecule has 2 aromatic heterocycles. The molecule has 0 spiro atoms. The first-order chi connectivity index (χ1) is 11.4. The van der Waals surface area contributed by atoms with Gasteiger partial charge >= 0.3 is 0 Å². The quantitative estimate of drug-likeness (QED) is 0.745. The van der Waals surface area contributed by atoms with E-state index in [4.69, 9.17) is 0 Å². The minimum absolute atomic E-state index is 0.00807. The fourth-order valence-electron chi connectivity index (χ4n) is 2.36. The van der Waals surface area contributed by atoms with Crippen LogP contribution in [0.3, 0.4) is 0 Å². The Morgan fingerprint density at radius 3 is 2.79 bits per heavy atom. The van der Waals surface area contributed by atoms with Gasteiger partial charge in [-0.15, -0.1) is 5.10 Å². The monoisotopic (exact) mass is 327 g/mol. The van der Waals surface area contributed by atoms with Crippen molar-refractivity contribution < 1.29 is 9.59 Å². The van der Waals surface area contributed by atoms with Crippen LogP contribution in [-0.4, -0.2) is 36.4 Å². The smallest absolute Gasteiger partial charge is 0.246 e. The van der Waals surface area contributed by atoms with Gasteiger partial charge in [0.05, 0.1) is 17.2 Å². The molecule has 24 heavy (non-hydrogen) atoms. The highest BCUT2D eigenvalue weighted by Crippen LogP contribution is 2.19. The van der Waals surface area contributed by atoms with Crippen molar-refractivity contribution in [1.29, 1.82) is 0 Å². The number of carbonyl (C=O) groups excluding carboxylic acids is 2. The molecule has 0 atom stereocenters. The van der Waals surface area contributed by atoms with Crippen LogP contribution in [0.1, 0.15) is 12.7 Å². The molecule has 9 heteroatoms. The predicted octanol–water partition coefficient (Wildman–Crippen LogP) is 1.07. The lowest BCUT2D eigenvalue weighted by molar-refractivity contribution is -0.117. The topological polar surface area (TPSA) is 107 Å². The first kappa shape index (κ1) is 15.7. The summed E-state index contributed by atoms with van der Waals surface area (Å²) in [6, 6.07) is 5.56. The van der Waals surface area contributed by atoms with Gasteiger partial charge < -0.3 is 15.2 Å². The molecule has 0 saturated heterocycles. The molecular weight excluding hydrogens is 310 g/mol. The van der Waals surface area contributed by atoms with Gasteiger partial charge in [0.2, 0.25) is 11.8 Å². The normalized spacial score (nSPS) is 10.8. The molecule has 1 aromatic carbocycles. The van der Waals surface area contributed by atoms with Crippen LogP contribution in [0.15, 0.2) is 24.4 Å². The van der Waals surface area contributed by atoms with E-state index in [0.717, 1.165) is 16.9 Å².